The molecule has 0 aliphatic heterocycles. The van der Waals surface area contributed by atoms with Gasteiger partial charge in [0.05, 0.1) is 25.3 Å². The molecule has 2 heterocycles. The number of aliphatic hydroxyl groups is 1. The van der Waals surface area contributed by atoms with E-state index < -0.39 is 17.5 Å². The van der Waals surface area contributed by atoms with Gasteiger partial charge in [-0.25, -0.2) is 4.98 Å². The minimum absolute atomic E-state index is 0.00594. The molecule has 0 radical (unpaired) electrons. The average molecular weight is 444 g/mol. The second kappa shape index (κ2) is 10.6. The molecule has 0 unspecified atom stereocenters. The van der Waals surface area contributed by atoms with Gasteiger partial charge in [-0.1, -0.05) is 48.0 Å². The first-order valence-corrected chi connectivity index (χ1v) is 9.99. The molecule has 1 aromatic carbocycles. The SMILES string of the molecule is O=C(Cn1c(Cl)cnc(NCCc2cccc[n+]2[O-])c1=O)N[C@H](CO)c1ccccc1. The van der Waals surface area contributed by atoms with E-state index in [0.717, 1.165) is 14.9 Å². The number of carbonyl (C=O) groups excluding carboxylic acids is 1. The van der Waals surface area contributed by atoms with E-state index in [-0.39, 0.29) is 24.1 Å². The highest BCUT2D eigenvalue weighted by molar-refractivity contribution is 6.29. The van der Waals surface area contributed by atoms with Crippen LogP contribution < -0.4 is 20.9 Å². The molecule has 0 spiro atoms. The van der Waals surface area contributed by atoms with Crippen molar-refractivity contribution in [1.29, 1.82) is 0 Å². The molecule has 2 aromatic heterocycles. The van der Waals surface area contributed by atoms with Gasteiger partial charge in [-0.3, -0.25) is 14.2 Å². The number of nitrogens with one attached hydrogen (secondary N) is 2. The first-order chi connectivity index (χ1) is 15.0. The first kappa shape index (κ1) is 22.3. The number of benzene rings is 1. The molecule has 1 amide bonds. The predicted octanol–water partition coefficient (Wildman–Crippen LogP) is 1.03. The van der Waals surface area contributed by atoms with Gasteiger partial charge in [-0.2, -0.15) is 4.73 Å². The predicted molar refractivity (Wildman–Crippen MR) is 116 cm³/mol. The van der Waals surface area contributed by atoms with Crippen LogP contribution in [0, 0.1) is 5.21 Å². The molecule has 1 atom stereocenters. The van der Waals surface area contributed by atoms with E-state index in [4.69, 9.17) is 11.6 Å². The maximum atomic E-state index is 12.7. The fourth-order valence-electron chi connectivity index (χ4n) is 3.01. The second-order valence-electron chi connectivity index (χ2n) is 6.73. The second-order valence-corrected chi connectivity index (χ2v) is 7.12. The fourth-order valence-corrected chi connectivity index (χ4v) is 3.19. The van der Waals surface area contributed by atoms with Crippen molar-refractivity contribution in [1.82, 2.24) is 14.9 Å². The highest BCUT2D eigenvalue weighted by Gasteiger charge is 2.17. The van der Waals surface area contributed by atoms with Crippen molar-refractivity contribution in [2.45, 2.75) is 19.0 Å². The van der Waals surface area contributed by atoms with Gasteiger partial charge in [0, 0.05) is 18.7 Å². The number of carbonyl (C=O) groups is 1. The Bertz CT molecular complexity index is 1090. The molecular formula is C21H22ClN5O4. The quantitative estimate of drug-likeness (QED) is 0.335. The van der Waals surface area contributed by atoms with Crippen LogP contribution in [0.25, 0.3) is 0 Å². The van der Waals surface area contributed by atoms with Crippen LogP contribution in [0.4, 0.5) is 5.82 Å². The Labute approximate surface area is 183 Å². The summed E-state index contributed by atoms with van der Waals surface area (Å²) < 4.78 is 1.84. The molecule has 10 heteroatoms. The number of amides is 1. The molecule has 3 rings (SSSR count). The van der Waals surface area contributed by atoms with E-state index in [0.29, 0.717) is 18.7 Å². The van der Waals surface area contributed by atoms with Gasteiger partial charge in [-0.05, 0) is 5.56 Å². The molecule has 0 saturated heterocycles. The highest BCUT2D eigenvalue weighted by Crippen LogP contribution is 2.12. The largest absolute Gasteiger partial charge is 0.619 e. The van der Waals surface area contributed by atoms with Crippen molar-refractivity contribution >= 4 is 23.3 Å². The third-order valence-corrected chi connectivity index (χ3v) is 4.91. The maximum absolute atomic E-state index is 12.7. The molecule has 162 valence electrons. The van der Waals surface area contributed by atoms with Crippen LogP contribution in [-0.4, -0.2) is 33.7 Å². The normalized spacial score (nSPS) is 11.7. The van der Waals surface area contributed by atoms with Crippen LogP contribution in [0.3, 0.4) is 0 Å². The van der Waals surface area contributed by atoms with Crippen molar-refractivity contribution in [2.24, 2.45) is 0 Å². The monoisotopic (exact) mass is 443 g/mol. The number of nitrogens with zero attached hydrogens (tertiary/aromatic N) is 3. The maximum Gasteiger partial charge on any atom is 0.294 e. The highest BCUT2D eigenvalue weighted by atomic mass is 35.5. The molecule has 31 heavy (non-hydrogen) atoms. The van der Waals surface area contributed by atoms with Crippen LogP contribution in [0.15, 0.2) is 65.7 Å². The Kier molecular flexibility index (Phi) is 7.58. The molecule has 9 nitrogen and oxygen atoms in total. The lowest BCUT2D eigenvalue weighted by Crippen LogP contribution is -2.37. The van der Waals surface area contributed by atoms with E-state index in [1.807, 2.05) is 6.07 Å². The fraction of sp³-hybridized carbons (Fsp3) is 0.238. The van der Waals surface area contributed by atoms with E-state index >= 15 is 0 Å². The lowest BCUT2D eigenvalue weighted by atomic mass is 10.1. The molecule has 0 bridgehead atoms. The third-order valence-electron chi connectivity index (χ3n) is 4.61. The van der Waals surface area contributed by atoms with Gasteiger partial charge in [0.15, 0.2) is 17.7 Å². The van der Waals surface area contributed by atoms with Crippen LogP contribution in [0.1, 0.15) is 17.3 Å². The zero-order valence-corrected chi connectivity index (χ0v) is 17.3. The van der Waals surface area contributed by atoms with Gasteiger partial charge < -0.3 is 20.9 Å². The Morgan fingerprint density at radius 1 is 1.23 bits per heavy atom. The summed E-state index contributed by atoms with van der Waals surface area (Å²) in [5.41, 5.74) is 0.719. The summed E-state index contributed by atoms with van der Waals surface area (Å²) >= 11 is 6.08. The summed E-state index contributed by atoms with van der Waals surface area (Å²) in [5.74, 6) is -0.465. The number of aromatic nitrogens is 3. The summed E-state index contributed by atoms with van der Waals surface area (Å²) in [6, 6.07) is 13.5. The van der Waals surface area contributed by atoms with Gasteiger partial charge in [0.2, 0.25) is 5.91 Å². The number of halogens is 1. The smallest absolute Gasteiger partial charge is 0.294 e. The summed E-state index contributed by atoms with van der Waals surface area (Å²) in [4.78, 5) is 29.2. The standard InChI is InChI=1S/C21H22ClN5O4/c22-18-12-24-20(23-10-9-16-8-4-5-11-27(16)31)21(30)26(18)13-19(29)25-17(14-28)15-6-2-1-3-7-15/h1-8,11-12,17,28H,9-10,13-14H2,(H,23,24)(H,25,29)/t17-/m1/s1. The first-order valence-electron chi connectivity index (χ1n) is 9.61. The topological polar surface area (TPSA) is 123 Å². The lowest BCUT2D eigenvalue weighted by Gasteiger charge is -2.18. The number of aliphatic hydroxyl groups excluding tert-OH is 1. The van der Waals surface area contributed by atoms with Crippen LogP contribution in [-0.2, 0) is 17.8 Å². The van der Waals surface area contributed by atoms with Gasteiger partial charge >= 0.3 is 0 Å². The minimum atomic E-state index is -0.604. The van der Waals surface area contributed by atoms with E-state index in [1.54, 1.807) is 42.5 Å². The van der Waals surface area contributed by atoms with Crippen molar-refractivity contribution in [3.63, 3.8) is 0 Å². The van der Waals surface area contributed by atoms with Gasteiger partial charge in [-0.15, -0.1) is 0 Å². The molecule has 0 aliphatic rings. The molecular weight excluding hydrogens is 422 g/mol. The van der Waals surface area contributed by atoms with Crippen molar-refractivity contribution < 1.29 is 14.6 Å². The van der Waals surface area contributed by atoms with Gasteiger partial charge in [0.25, 0.3) is 5.56 Å². The molecule has 0 saturated carbocycles. The minimum Gasteiger partial charge on any atom is -0.619 e. The summed E-state index contributed by atoms with van der Waals surface area (Å²) in [6.07, 6.45) is 3.05. The number of hydrogen-bond donors (Lipinski definition) is 3. The summed E-state index contributed by atoms with van der Waals surface area (Å²) in [5, 5.41) is 26.9. The van der Waals surface area contributed by atoms with Gasteiger partial charge in [0.1, 0.15) is 11.7 Å². The van der Waals surface area contributed by atoms with Crippen LogP contribution >= 0.6 is 11.6 Å². The van der Waals surface area contributed by atoms with Crippen molar-refractivity contribution in [3.8, 4) is 0 Å². The number of anilines is 1. The zero-order chi connectivity index (χ0) is 22.2. The Hall–Kier alpha value is -3.43. The van der Waals surface area contributed by atoms with E-state index in [1.165, 1.54) is 12.4 Å². The Balaban J connectivity index is 1.66. The summed E-state index contributed by atoms with van der Waals surface area (Å²) in [6.45, 7) is -0.332. The molecule has 0 fully saturated rings. The molecule has 3 N–H and O–H groups in total. The lowest BCUT2D eigenvalue weighted by molar-refractivity contribution is -0.613. The Morgan fingerprint density at radius 2 is 1.97 bits per heavy atom. The van der Waals surface area contributed by atoms with E-state index in [2.05, 4.69) is 15.6 Å². The third kappa shape index (κ3) is 5.80. The molecule has 3 aromatic rings. The molecule has 0 aliphatic carbocycles. The number of pyridine rings is 1. The van der Waals surface area contributed by atoms with Crippen molar-refractivity contribution in [2.75, 3.05) is 18.5 Å². The Morgan fingerprint density at radius 3 is 2.68 bits per heavy atom. The van der Waals surface area contributed by atoms with Crippen LogP contribution in [0.2, 0.25) is 5.15 Å². The number of rotatable bonds is 9. The van der Waals surface area contributed by atoms with E-state index in [9.17, 15) is 19.9 Å². The average Bonchev–Trinajstić information content (AvgIpc) is 2.78. The summed E-state index contributed by atoms with van der Waals surface area (Å²) in [7, 11) is 0. The van der Waals surface area contributed by atoms with Crippen molar-refractivity contribution in [3.05, 3.63) is 92.9 Å². The zero-order valence-electron chi connectivity index (χ0n) is 16.6. The van der Waals surface area contributed by atoms with Crippen LogP contribution in [0.5, 0.6) is 0 Å². The number of hydrogen-bond acceptors (Lipinski definition) is 6.